The van der Waals surface area contributed by atoms with Crippen molar-refractivity contribution >= 4 is 34.3 Å². The maximum Gasteiger partial charge on any atom is 0.162 e. The minimum Gasteiger partial charge on any atom is -0.396 e. The van der Waals surface area contributed by atoms with Crippen molar-refractivity contribution in [2.24, 2.45) is 0 Å². The number of nitrogens with two attached hydrogens (primary N) is 4. The molecular formula is C10H14N4O2. The molecule has 0 saturated carbocycles. The van der Waals surface area contributed by atoms with Crippen LogP contribution >= 0.6 is 0 Å². The van der Waals surface area contributed by atoms with Crippen molar-refractivity contribution in [1.29, 1.82) is 0 Å². The number of carbonyl (C=O) groups excluding carboxylic acids is 2. The molecule has 0 bridgehead atoms. The Kier molecular flexibility index (Phi) is 2.76. The summed E-state index contributed by atoms with van der Waals surface area (Å²) in [6.07, 6.45) is 0. The molecule has 0 atom stereocenters. The second-order valence-electron chi connectivity index (χ2n) is 3.52. The third-order valence-corrected chi connectivity index (χ3v) is 2.36. The number of ketones is 2. The zero-order valence-corrected chi connectivity index (χ0v) is 9.13. The minimum atomic E-state index is -0.374. The van der Waals surface area contributed by atoms with Crippen LogP contribution in [-0.2, 0) is 0 Å². The van der Waals surface area contributed by atoms with Gasteiger partial charge in [0.1, 0.15) is 0 Å². The molecule has 0 spiro atoms. The maximum absolute atomic E-state index is 11.4. The summed E-state index contributed by atoms with van der Waals surface area (Å²) in [6.45, 7) is 2.57. The number of carbonyl (C=O) groups is 2. The molecular weight excluding hydrogens is 208 g/mol. The first-order valence-electron chi connectivity index (χ1n) is 4.56. The lowest BCUT2D eigenvalue weighted by molar-refractivity contribution is 0.0982. The topological polar surface area (TPSA) is 138 Å². The lowest BCUT2D eigenvalue weighted by atomic mass is 9.95. The molecule has 0 aliphatic carbocycles. The lowest BCUT2D eigenvalue weighted by Gasteiger charge is -2.15. The highest BCUT2D eigenvalue weighted by molar-refractivity contribution is 6.17. The van der Waals surface area contributed by atoms with E-state index in [1.165, 1.54) is 13.8 Å². The van der Waals surface area contributed by atoms with Gasteiger partial charge in [-0.15, -0.1) is 0 Å². The summed E-state index contributed by atoms with van der Waals surface area (Å²) in [5, 5.41) is 0. The van der Waals surface area contributed by atoms with E-state index < -0.39 is 0 Å². The van der Waals surface area contributed by atoms with Crippen LogP contribution in [0.15, 0.2) is 0 Å². The third kappa shape index (κ3) is 1.54. The summed E-state index contributed by atoms with van der Waals surface area (Å²) in [5.74, 6) is -0.748. The molecule has 0 fully saturated rings. The molecule has 0 aromatic heterocycles. The van der Waals surface area contributed by atoms with Gasteiger partial charge in [-0.1, -0.05) is 0 Å². The molecule has 0 amide bonds. The van der Waals surface area contributed by atoms with Crippen LogP contribution in [0, 0.1) is 0 Å². The van der Waals surface area contributed by atoms with Crippen molar-refractivity contribution in [3.63, 3.8) is 0 Å². The number of hydrogen-bond acceptors (Lipinski definition) is 6. The molecule has 0 unspecified atom stereocenters. The summed E-state index contributed by atoms with van der Waals surface area (Å²) in [7, 11) is 0. The molecule has 1 rings (SSSR count). The normalized spacial score (nSPS) is 10.1. The van der Waals surface area contributed by atoms with Crippen molar-refractivity contribution in [1.82, 2.24) is 0 Å². The summed E-state index contributed by atoms with van der Waals surface area (Å²) >= 11 is 0. The Morgan fingerprint density at radius 3 is 1.12 bits per heavy atom. The van der Waals surface area contributed by atoms with E-state index in [1.54, 1.807) is 0 Å². The Hall–Kier alpha value is -2.24. The number of nitrogen functional groups attached to an aromatic ring is 4. The molecule has 0 radical (unpaired) electrons. The second-order valence-corrected chi connectivity index (χ2v) is 3.52. The van der Waals surface area contributed by atoms with Crippen molar-refractivity contribution in [3.05, 3.63) is 11.1 Å². The van der Waals surface area contributed by atoms with Gasteiger partial charge >= 0.3 is 0 Å². The number of rotatable bonds is 2. The highest BCUT2D eigenvalue weighted by atomic mass is 16.1. The average Bonchev–Trinajstić information content (AvgIpc) is 2.18. The molecule has 0 aliphatic rings. The van der Waals surface area contributed by atoms with Crippen LogP contribution in [0.1, 0.15) is 34.6 Å². The summed E-state index contributed by atoms with van der Waals surface area (Å²) in [5.41, 5.74) is 22.7. The van der Waals surface area contributed by atoms with E-state index >= 15 is 0 Å². The fourth-order valence-corrected chi connectivity index (χ4v) is 1.56. The van der Waals surface area contributed by atoms with Gasteiger partial charge in [-0.25, -0.2) is 0 Å². The SMILES string of the molecule is CC(=O)c1c(N)c(N)c(N)c(N)c1C(C)=O. The van der Waals surface area contributed by atoms with Crippen LogP contribution in [-0.4, -0.2) is 11.6 Å². The molecule has 1 aromatic rings. The van der Waals surface area contributed by atoms with Crippen LogP contribution < -0.4 is 22.9 Å². The molecule has 8 N–H and O–H groups in total. The Bertz CT molecular complexity index is 449. The molecule has 6 heteroatoms. The van der Waals surface area contributed by atoms with Crippen molar-refractivity contribution in [3.8, 4) is 0 Å². The van der Waals surface area contributed by atoms with Crippen molar-refractivity contribution in [2.75, 3.05) is 22.9 Å². The third-order valence-electron chi connectivity index (χ3n) is 2.36. The van der Waals surface area contributed by atoms with Crippen LogP contribution in [0.4, 0.5) is 22.7 Å². The van der Waals surface area contributed by atoms with Gasteiger partial charge < -0.3 is 22.9 Å². The first kappa shape index (κ1) is 11.8. The van der Waals surface area contributed by atoms with Gasteiger partial charge in [-0.05, 0) is 13.8 Å². The van der Waals surface area contributed by atoms with Gasteiger partial charge in [0.05, 0.1) is 33.9 Å². The predicted octanol–water partition coefficient (Wildman–Crippen LogP) is 0.421. The first-order chi connectivity index (χ1) is 7.29. The van der Waals surface area contributed by atoms with Gasteiger partial charge in [0.2, 0.25) is 0 Å². The second kappa shape index (κ2) is 3.73. The first-order valence-corrected chi connectivity index (χ1v) is 4.56. The van der Waals surface area contributed by atoms with Gasteiger partial charge in [0, 0.05) is 0 Å². The van der Waals surface area contributed by atoms with Gasteiger partial charge in [0.15, 0.2) is 11.6 Å². The zero-order valence-electron chi connectivity index (χ0n) is 9.13. The number of benzene rings is 1. The fourth-order valence-electron chi connectivity index (χ4n) is 1.56. The zero-order chi connectivity index (χ0) is 12.6. The predicted molar refractivity (Wildman–Crippen MR) is 64.1 cm³/mol. The van der Waals surface area contributed by atoms with E-state index in [2.05, 4.69) is 0 Å². The highest BCUT2D eigenvalue weighted by Crippen LogP contribution is 2.36. The van der Waals surface area contributed by atoms with Crippen LogP contribution in [0.25, 0.3) is 0 Å². The van der Waals surface area contributed by atoms with E-state index in [0.717, 1.165) is 0 Å². The van der Waals surface area contributed by atoms with Gasteiger partial charge in [-0.3, -0.25) is 9.59 Å². The average molecular weight is 222 g/mol. The van der Waals surface area contributed by atoms with E-state index in [4.69, 9.17) is 22.9 Å². The minimum absolute atomic E-state index is 0.00407. The molecule has 16 heavy (non-hydrogen) atoms. The van der Waals surface area contributed by atoms with Crippen LogP contribution in [0.5, 0.6) is 0 Å². The summed E-state index contributed by atoms with van der Waals surface area (Å²) in [6, 6.07) is 0. The molecule has 86 valence electrons. The highest BCUT2D eigenvalue weighted by Gasteiger charge is 2.23. The van der Waals surface area contributed by atoms with Crippen LogP contribution in [0.3, 0.4) is 0 Å². The number of anilines is 4. The Morgan fingerprint density at radius 1 is 0.688 bits per heavy atom. The molecule has 0 aliphatic heterocycles. The van der Waals surface area contributed by atoms with Gasteiger partial charge in [0.25, 0.3) is 0 Å². The van der Waals surface area contributed by atoms with Gasteiger partial charge in [-0.2, -0.15) is 0 Å². The number of hydrogen-bond donors (Lipinski definition) is 4. The maximum atomic E-state index is 11.4. The summed E-state index contributed by atoms with van der Waals surface area (Å²) < 4.78 is 0. The van der Waals surface area contributed by atoms with E-state index in [0.29, 0.717) is 0 Å². The smallest absolute Gasteiger partial charge is 0.162 e. The fraction of sp³-hybridized carbons (Fsp3) is 0.200. The van der Waals surface area contributed by atoms with E-state index in [9.17, 15) is 9.59 Å². The quantitative estimate of drug-likeness (QED) is 0.422. The van der Waals surface area contributed by atoms with Crippen LogP contribution in [0.2, 0.25) is 0 Å². The standard InChI is InChI=1S/C10H14N4O2/c1-3(15)5-6(4(2)16)8(12)10(14)9(13)7(5)11/h11-14H2,1-2H3. The summed E-state index contributed by atoms with van der Waals surface area (Å²) in [4.78, 5) is 22.8. The molecule has 0 heterocycles. The Morgan fingerprint density at radius 2 is 0.938 bits per heavy atom. The molecule has 0 saturated heterocycles. The Balaban J connectivity index is 3.83. The van der Waals surface area contributed by atoms with E-state index in [-0.39, 0.29) is 45.4 Å². The van der Waals surface area contributed by atoms with Crippen molar-refractivity contribution in [2.45, 2.75) is 13.8 Å². The molecule has 1 aromatic carbocycles. The van der Waals surface area contributed by atoms with Crippen molar-refractivity contribution < 1.29 is 9.59 Å². The van der Waals surface area contributed by atoms with E-state index in [1.807, 2.05) is 0 Å². The number of Topliss-reactive ketones (excluding diaryl/α,β-unsaturated/α-hetero) is 2. The lowest BCUT2D eigenvalue weighted by Crippen LogP contribution is -2.16. The monoisotopic (exact) mass is 222 g/mol. The Labute approximate surface area is 92.6 Å². The largest absolute Gasteiger partial charge is 0.396 e. The molecule has 6 nitrogen and oxygen atoms in total.